The Morgan fingerprint density at radius 3 is 2.70 bits per heavy atom. The Labute approximate surface area is 205 Å². The zero-order chi connectivity index (χ0) is 23.6. The third-order valence-electron chi connectivity index (χ3n) is 4.68. The molecule has 33 heavy (non-hydrogen) atoms. The molecule has 1 heterocycles. The van der Waals surface area contributed by atoms with Gasteiger partial charge in [-0.25, -0.2) is 4.68 Å². The Morgan fingerprint density at radius 1 is 1.21 bits per heavy atom. The number of halogens is 1. The van der Waals surface area contributed by atoms with Crippen LogP contribution in [-0.4, -0.2) is 52.1 Å². The highest BCUT2D eigenvalue weighted by Crippen LogP contribution is 2.36. The van der Waals surface area contributed by atoms with Crippen molar-refractivity contribution in [3.05, 3.63) is 52.0 Å². The fourth-order valence-electron chi connectivity index (χ4n) is 2.96. The summed E-state index contributed by atoms with van der Waals surface area (Å²) >= 11 is 5.20. The Morgan fingerprint density at radius 2 is 2.00 bits per heavy atom. The van der Waals surface area contributed by atoms with E-state index in [0.717, 1.165) is 45.2 Å². The summed E-state index contributed by atoms with van der Waals surface area (Å²) in [5.74, 6) is 1.76. The molecule has 0 unspecified atom stereocenters. The van der Waals surface area contributed by atoms with Gasteiger partial charge in [-0.05, 0) is 54.6 Å². The lowest BCUT2D eigenvalue weighted by Gasteiger charge is -2.17. The number of aryl methyl sites for hydroxylation is 2. The van der Waals surface area contributed by atoms with Crippen molar-refractivity contribution in [2.75, 3.05) is 31.3 Å². The van der Waals surface area contributed by atoms with E-state index in [1.807, 2.05) is 50.4 Å². The van der Waals surface area contributed by atoms with Crippen LogP contribution in [0, 0.1) is 6.92 Å². The average Bonchev–Trinajstić information content (AvgIpc) is 3.22. The van der Waals surface area contributed by atoms with Crippen LogP contribution in [0.1, 0.15) is 17.5 Å². The summed E-state index contributed by atoms with van der Waals surface area (Å²) < 4.78 is 13.9. The van der Waals surface area contributed by atoms with E-state index < -0.39 is 0 Å². The largest absolute Gasteiger partial charge is 0.493 e. The Kier molecular flexibility index (Phi) is 9.52. The summed E-state index contributed by atoms with van der Waals surface area (Å²) in [6, 6.07) is 11.3. The van der Waals surface area contributed by atoms with Crippen molar-refractivity contribution >= 4 is 39.3 Å². The molecule has 3 aromatic rings. The number of ether oxygens (including phenoxy) is 2. The van der Waals surface area contributed by atoms with Crippen molar-refractivity contribution in [2.45, 2.75) is 25.0 Å². The van der Waals surface area contributed by atoms with Gasteiger partial charge in [0.05, 0.1) is 7.11 Å². The van der Waals surface area contributed by atoms with Gasteiger partial charge in [-0.1, -0.05) is 45.4 Å². The standard InChI is InChI=1S/C22H27BrN6O3S/c1-15-5-7-16(8-6-15)25-20(30)14-32-21-17(18(23)9-10-19(21)31-3)13-24-11-4-12-33-22-26-27-28-29(22)2/h5-10,24H,4,11-14H2,1-3H3,(H,25,30). The van der Waals surface area contributed by atoms with Gasteiger partial charge in [0, 0.05) is 35.1 Å². The zero-order valence-corrected chi connectivity index (χ0v) is 21.2. The molecule has 0 atom stereocenters. The van der Waals surface area contributed by atoms with E-state index >= 15 is 0 Å². The Bertz CT molecular complexity index is 1060. The molecule has 2 N–H and O–H groups in total. The number of carbonyl (C=O) groups is 1. The number of anilines is 1. The van der Waals surface area contributed by atoms with Crippen LogP contribution in [0.25, 0.3) is 0 Å². The molecule has 9 nitrogen and oxygen atoms in total. The second-order valence-electron chi connectivity index (χ2n) is 7.22. The summed E-state index contributed by atoms with van der Waals surface area (Å²) in [7, 11) is 3.40. The highest BCUT2D eigenvalue weighted by molar-refractivity contribution is 9.10. The van der Waals surface area contributed by atoms with Crippen LogP contribution in [0.4, 0.5) is 5.69 Å². The summed E-state index contributed by atoms with van der Waals surface area (Å²) in [5, 5.41) is 18.5. The van der Waals surface area contributed by atoms with Gasteiger partial charge in [0.15, 0.2) is 18.1 Å². The average molecular weight is 535 g/mol. The van der Waals surface area contributed by atoms with E-state index in [1.165, 1.54) is 0 Å². The summed E-state index contributed by atoms with van der Waals surface area (Å²) in [6.45, 7) is 3.23. The molecule has 0 bridgehead atoms. The van der Waals surface area contributed by atoms with Gasteiger partial charge >= 0.3 is 0 Å². The molecular weight excluding hydrogens is 508 g/mol. The first-order valence-electron chi connectivity index (χ1n) is 10.4. The van der Waals surface area contributed by atoms with Crippen LogP contribution < -0.4 is 20.1 Å². The predicted octanol–water partition coefficient (Wildman–Crippen LogP) is 3.58. The van der Waals surface area contributed by atoms with Crippen LogP contribution >= 0.6 is 27.7 Å². The molecule has 2 aromatic carbocycles. The minimum absolute atomic E-state index is 0.129. The first kappa shape index (κ1) is 25.0. The summed E-state index contributed by atoms with van der Waals surface area (Å²) in [5.41, 5.74) is 2.75. The number of amides is 1. The first-order valence-corrected chi connectivity index (χ1v) is 12.2. The lowest BCUT2D eigenvalue weighted by Crippen LogP contribution is -2.22. The number of nitrogens with zero attached hydrogens (tertiary/aromatic N) is 4. The molecule has 1 amide bonds. The number of aromatic nitrogens is 4. The van der Waals surface area contributed by atoms with Crippen LogP contribution in [0.2, 0.25) is 0 Å². The van der Waals surface area contributed by atoms with E-state index in [-0.39, 0.29) is 12.5 Å². The second kappa shape index (κ2) is 12.6. The molecule has 0 saturated carbocycles. The molecule has 11 heteroatoms. The first-order chi connectivity index (χ1) is 16.0. The number of tetrazole rings is 1. The van der Waals surface area contributed by atoms with E-state index in [4.69, 9.17) is 9.47 Å². The van der Waals surface area contributed by atoms with Crippen molar-refractivity contribution in [1.82, 2.24) is 25.5 Å². The molecule has 176 valence electrons. The highest BCUT2D eigenvalue weighted by Gasteiger charge is 2.16. The van der Waals surface area contributed by atoms with Gasteiger partial charge in [0.2, 0.25) is 5.16 Å². The number of hydrogen-bond acceptors (Lipinski definition) is 8. The fourth-order valence-corrected chi connectivity index (χ4v) is 4.20. The SMILES string of the molecule is COc1ccc(Br)c(CNCCCSc2nnnn2C)c1OCC(=O)Nc1ccc(C)cc1. The normalized spacial score (nSPS) is 10.8. The monoisotopic (exact) mass is 534 g/mol. The molecule has 3 rings (SSSR count). The van der Waals surface area contributed by atoms with Gasteiger partial charge in [0.25, 0.3) is 5.91 Å². The van der Waals surface area contributed by atoms with Crippen molar-refractivity contribution in [1.29, 1.82) is 0 Å². The highest BCUT2D eigenvalue weighted by atomic mass is 79.9. The van der Waals surface area contributed by atoms with E-state index in [2.05, 4.69) is 42.1 Å². The number of nitrogens with one attached hydrogen (secondary N) is 2. The van der Waals surface area contributed by atoms with E-state index in [1.54, 1.807) is 23.6 Å². The van der Waals surface area contributed by atoms with Gasteiger partial charge in [0.1, 0.15) is 0 Å². The predicted molar refractivity (Wildman–Crippen MR) is 132 cm³/mol. The third kappa shape index (κ3) is 7.44. The van der Waals surface area contributed by atoms with Crippen molar-refractivity contribution < 1.29 is 14.3 Å². The zero-order valence-electron chi connectivity index (χ0n) is 18.8. The lowest BCUT2D eigenvalue weighted by molar-refractivity contribution is -0.118. The Hall–Kier alpha value is -2.63. The van der Waals surface area contributed by atoms with Crippen LogP contribution in [0.5, 0.6) is 11.5 Å². The quantitative estimate of drug-likeness (QED) is 0.268. The number of carbonyl (C=O) groups excluding carboxylic acids is 1. The third-order valence-corrected chi connectivity index (χ3v) is 6.52. The van der Waals surface area contributed by atoms with Gasteiger partial charge < -0.3 is 20.1 Å². The molecule has 0 fully saturated rings. The van der Waals surface area contributed by atoms with Gasteiger partial charge in [-0.2, -0.15) is 0 Å². The minimum atomic E-state index is -0.241. The van der Waals surface area contributed by atoms with Crippen LogP contribution in [0.15, 0.2) is 46.0 Å². The number of hydrogen-bond donors (Lipinski definition) is 2. The van der Waals surface area contributed by atoms with E-state index in [0.29, 0.717) is 18.0 Å². The maximum Gasteiger partial charge on any atom is 0.262 e. The maximum atomic E-state index is 12.4. The maximum absolute atomic E-state index is 12.4. The van der Waals surface area contributed by atoms with Crippen molar-refractivity contribution in [3.63, 3.8) is 0 Å². The molecule has 0 aliphatic rings. The number of benzene rings is 2. The van der Waals surface area contributed by atoms with Gasteiger partial charge in [-0.3, -0.25) is 4.79 Å². The smallest absolute Gasteiger partial charge is 0.262 e. The number of thioether (sulfide) groups is 1. The fraction of sp³-hybridized carbons (Fsp3) is 0.364. The molecule has 0 saturated heterocycles. The second-order valence-corrected chi connectivity index (χ2v) is 9.14. The number of methoxy groups -OCH3 is 1. The molecule has 1 aromatic heterocycles. The summed E-state index contributed by atoms with van der Waals surface area (Å²) in [4.78, 5) is 12.4. The molecule has 0 aliphatic carbocycles. The minimum Gasteiger partial charge on any atom is -0.493 e. The lowest BCUT2D eigenvalue weighted by atomic mass is 10.1. The molecular formula is C22H27BrN6O3S. The molecule has 0 radical (unpaired) electrons. The summed E-state index contributed by atoms with van der Waals surface area (Å²) in [6.07, 6.45) is 0.939. The molecule has 0 spiro atoms. The Balaban J connectivity index is 1.53. The van der Waals surface area contributed by atoms with Crippen molar-refractivity contribution in [2.24, 2.45) is 7.05 Å². The number of rotatable bonds is 12. The molecule has 0 aliphatic heterocycles. The van der Waals surface area contributed by atoms with Crippen LogP contribution in [0.3, 0.4) is 0 Å². The van der Waals surface area contributed by atoms with Crippen molar-refractivity contribution in [3.8, 4) is 11.5 Å². The van der Waals surface area contributed by atoms with E-state index in [9.17, 15) is 4.79 Å². The van der Waals surface area contributed by atoms with Gasteiger partial charge in [-0.15, -0.1) is 5.10 Å². The van der Waals surface area contributed by atoms with Crippen LogP contribution in [-0.2, 0) is 18.4 Å². The topological polar surface area (TPSA) is 103 Å².